The molecule has 2 aromatic carbocycles. The number of nitrogens with zero attached hydrogens (tertiary/aromatic N) is 4. The number of pyridine rings is 1. The van der Waals surface area contributed by atoms with E-state index in [-0.39, 0.29) is 50.5 Å². The molecule has 0 saturated heterocycles. The fourth-order valence-electron chi connectivity index (χ4n) is 4.29. The van der Waals surface area contributed by atoms with Crippen molar-refractivity contribution < 1.29 is 19.8 Å². The molecule has 37 heavy (non-hydrogen) atoms. The second kappa shape index (κ2) is 10.5. The molecule has 1 heterocycles. The molecule has 3 N–H and O–H groups in total. The van der Waals surface area contributed by atoms with E-state index in [2.05, 4.69) is 22.6 Å². The summed E-state index contributed by atoms with van der Waals surface area (Å²) in [6.45, 7) is 3.93. The summed E-state index contributed by atoms with van der Waals surface area (Å²) in [5, 5.41) is 38.5. The smallest absolute Gasteiger partial charge is 0.300 e. The Morgan fingerprint density at radius 3 is 2.35 bits per heavy atom. The van der Waals surface area contributed by atoms with E-state index >= 15 is 0 Å². The molecular weight excluding hydrogens is 474 g/mol. The maximum Gasteiger partial charge on any atom is 0.300 e. The van der Waals surface area contributed by atoms with Crippen LogP contribution in [-0.2, 0) is 0 Å². The molecular formula is C27H25N5O5. The number of rotatable bonds is 8. The number of unbranched alkanes of at least 4 members (excludes halogenated alkanes) is 3. The number of phenolic OH excluding ortho intramolecular Hbond substituents is 1. The number of hydrogen-bond donors (Lipinski definition) is 3. The number of hydrogen-bond acceptors (Lipinski definition) is 9. The zero-order valence-electron chi connectivity index (χ0n) is 20.4. The zero-order chi connectivity index (χ0) is 26.7. The molecule has 188 valence electrons. The fourth-order valence-corrected chi connectivity index (χ4v) is 4.29. The summed E-state index contributed by atoms with van der Waals surface area (Å²) in [5.74, 6) is -1.89. The molecule has 1 aromatic heterocycles. The van der Waals surface area contributed by atoms with Crippen molar-refractivity contribution in [2.75, 3.05) is 12.0 Å². The third-order valence-electron chi connectivity index (χ3n) is 6.27. The minimum atomic E-state index is -0.719. The Morgan fingerprint density at radius 1 is 0.946 bits per heavy atom. The molecule has 0 bridgehead atoms. The molecule has 10 heteroatoms. The van der Waals surface area contributed by atoms with Gasteiger partial charge in [-0.05, 0) is 25.5 Å². The first-order chi connectivity index (χ1) is 17.8. The van der Waals surface area contributed by atoms with Gasteiger partial charge in [0.05, 0.1) is 16.8 Å². The standard InChI is InChI=1S/C27H25N5O5/c1-3-4-5-6-13-29-32-26(36)18(14-28)15(2)23(27(32)37)31-30-19-11-7-9-16-21(19)25(35)22-17(24(16)34)10-8-12-20(22)33/h7-12,29,33,36H,3-6,13H2,1-2H3. The van der Waals surface area contributed by atoms with Crippen LogP contribution in [0.5, 0.6) is 11.6 Å². The average Bonchev–Trinajstić information content (AvgIpc) is 2.88. The normalized spacial score (nSPS) is 12.4. The lowest BCUT2D eigenvalue weighted by molar-refractivity contribution is 0.0977. The molecule has 1 aliphatic carbocycles. The van der Waals surface area contributed by atoms with Crippen molar-refractivity contribution in [1.29, 1.82) is 5.26 Å². The minimum absolute atomic E-state index is 0.0224. The third-order valence-corrected chi connectivity index (χ3v) is 6.27. The van der Waals surface area contributed by atoms with E-state index in [1.807, 2.05) is 6.07 Å². The van der Waals surface area contributed by atoms with Gasteiger partial charge in [0.2, 0.25) is 5.88 Å². The molecule has 0 atom stereocenters. The number of carbonyl (C=O) groups excluding carboxylic acids is 2. The van der Waals surface area contributed by atoms with Crippen molar-refractivity contribution in [3.8, 4) is 17.7 Å². The second-order valence-electron chi connectivity index (χ2n) is 8.65. The van der Waals surface area contributed by atoms with Gasteiger partial charge in [0.25, 0.3) is 5.56 Å². The van der Waals surface area contributed by atoms with Gasteiger partial charge in [0.1, 0.15) is 17.4 Å². The van der Waals surface area contributed by atoms with Crippen LogP contribution in [0.2, 0.25) is 0 Å². The SMILES string of the molecule is CCCCCCNn1c(O)c(C#N)c(C)c(N=Nc2cccc3c2C(=O)c2c(O)cccc2C3=O)c1=O. The van der Waals surface area contributed by atoms with Crippen molar-refractivity contribution >= 4 is 22.9 Å². The highest BCUT2D eigenvalue weighted by Gasteiger charge is 2.33. The van der Waals surface area contributed by atoms with Gasteiger partial charge in [-0.1, -0.05) is 50.5 Å². The molecule has 0 fully saturated rings. The number of carbonyl (C=O) groups is 2. The van der Waals surface area contributed by atoms with Crippen molar-refractivity contribution in [3.63, 3.8) is 0 Å². The Hall–Kier alpha value is -4.78. The van der Waals surface area contributed by atoms with E-state index in [1.54, 1.807) is 0 Å². The first-order valence-corrected chi connectivity index (χ1v) is 11.9. The van der Waals surface area contributed by atoms with Crippen molar-refractivity contribution in [2.24, 2.45) is 10.2 Å². The number of azo groups is 1. The minimum Gasteiger partial charge on any atom is -0.507 e. The van der Waals surface area contributed by atoms with Crippen LogP contribution in [0.1, 0.15) is 75.6 Å². The van der Waals surface area contributed by atoms with Gasteiger partial charge in [0, 0.05) is 23.2 Å². The number of ketones is 2. The highest BCUT2D eigenvalue weighted by Crippen LogP contribution is 2.37. The van der Waals surface area contributed by atoms with E-state index in [9.17, 15) is 29.9 Å². The molecule has 0 radical (unpaired) electrons. The zero-order valence-corrected chi connectivity index (χ0v) is 20.4. The first-order valence-electron chi connectivity index (χ1n) is 11.9. The average molecular weight is 500 g/mol. The number of phenols is 1. The van der Waals surface area contributed by atoms with Crippen LogP contribution in [0.15, 0.2) is 51.4 Å². The van der Waals surface area contributed by atoms with Crippen LogP contribution in [0, 0.1) is 18.3 Å². The summed E-state index contributed by atoms with van der Waals surface area (Å²) in [6.07, 6.45) is 3.77. The lowest BCUT2D eigenvalue weighted by Crippen LogP contribution is -2.30. The van der Waals surface area contributed by atoms with Gasteiger partial charge >= 0.3 is 0 Å². The molecule has 10 nitrogen and oxygen atoms in total. The molecule has 0 aliphatic heterocycles. The van der Waals surface area contributed by atoms with E-state index in [4.69, 9.17) is 0 Å². The number of benzene rings is 2. The third kappa shape index (κ3) is 4.47. The number of nitriles is 1. The molecule has 4 rings (SSSR count). The van der Waals surface area contributed by atoms with Crippen LogP contribution < -0.4 is 11.0 Å². The molecule has 0 amide bonds. The van der Waals surface area contributed by atoms with E-state index in [0.29, 0.717) is 6.54 Å². The van der Waals surface area contributed by atoms with Gasteiger partial charge in [-0.25, -0.2) is 0 Å². The highest BCUT2D eigenvalue weighted by atomic mass is 16.3. The van der Waals surface area contributed by atoms with Crippen molar-refractivity contribution in [1.82, 2.24) is 4.68 Å². The number of aromatic nitrogens is 1. The largest absolute Gasteiger partial charge is 0.507 e. The Balaban J connectivity index is 1.77. The summed E-state index contributed by atoms with van der Waals surface area (Å²) in [5.41, 5.74) is 1.94. The van der Waals surface area contributed by atoms with Crippen molar-refractivity contribution in [2.45, 2.75) is 39.5 Å². The Labute approximate surface area is 212 Å². The van der Waals surface area contributed by atoms with Gasteiger partial charge in [-0.3, -0.25) is 14.4 Å². The van der Waals surface area contributed by atoms with Gasteiger partial charge < -0.3 is 15.6 Å². The predicted molar refractivity (Wildman–Crippen MR) is 136 cm³/mol. The van der Waals surface area contributed by atoms with E-state index in [1.165, 1.54) is 43.3 Å². The summed E-state index contributed by atoms with van der Waals surface area (Å²) in [6, 6.07) is 10.6. The molecule has 0 unspecified atom stereocenters. The quantitative estimate of drug-likeness (QED) is 0.233. The Morgan fingerprint density at radius 2 is 1.65 bits per heavy atom. The van der Waals surface area contributed by atoms with Gasteiger partial charge in [0.15, 0.2) is 17.3 Å². The number of fused-ring (bicyclic) bond motifs is 2. The van der Waals surface area contributed by atoms with Gasteiger partial charge in [-0.15, -0.1) is 10.2 Å². The topological polar surface area (TPSA) is 157 Å². The maximum atomic E-state index is 13.3. The van der Waals surface area contributed by atoms with Crippen LogP contribution in [0.25, 0.3) is 0 Å². The fraction of sp³-hybridized carbons (Fsp3) is 0.259. The second-order valence-corrected chi connectivity index (χ2v) is 8.65. The number of nitrogens with one attached hydrogen (secondary N) is 1. The van der Waals surface area contributed by atoms with Crippen LogP contribution in [0.4, 0.5) is 11.4 Å². The molecule has 3 aromatic rings. The summed E-state index contributed by atoms with van der Waals surface area (Å²) >= 11 is 0. The molecule has 1 aliphatic rings. The lowest BCUT2D eigenvalue weighted by atomic mass is 9.83. The van der Waals surface area contributed by atoms with Crippen molar-refractivity contribution in [3.05, 3.63) is 80.1 Å². The monoisotopic (exact) mass is 499 g/mol. The van der Waals surface area contributed by atoms with Crippen LogP contribution >= 0.6 is 0 Å². The summed E-state index contributed by atoms with van der Waals surface area (Å²) < 4.78 is 0.870. The first kappa shape index (κ1) is 25.3. The maximum absolute atomic E-state index is 13.3. The van der Waals surface area contributed by atoms with Crippen LogP contribution in [-0.4, -0.2) is 33.0 Å². The Kier molecular flexibility index (Phi) is 7.15. The lowest BCUT2D eigenvalue weighted by Gasteiger charge is -2.19. The predicted octanol–water partition coefficient (Wildman–Crippen LogP) is 4.75. The molecule has 0 saturated carbocycles. The summed E-state index contributed by atoms with van der Waals surface area (Å²) in [4.78, 5) is 39.4. The summed E-state index contributed by atoms with van der Waals surface area (Å²) in [7, 11) is 0. The van der Waals surface area contributed by atoms with E-state index in [0.717, 1.165) is 30.4 Å². The van der Waals surface area contributed by atoms with E-state index < -0.39 is 23.0 Å². The van der Waals surface area contributed by atoms with Crippen LogP contribution in [0.3, 0.4) is 0 Å². The highest BCUT2D eigenvalue weighted by molar-refractivity contribution is 6.30. The number of aromatic hydroxyl groups is 2. The van der Waals surface area contributed by atoms with Gasteiger partial charge in [-0.2, -0.15) is 9.94 Å². The Bertz CT molecular complexity index is 1550. The molecule has 0 spiro atoms.